The van der Waals surface area contributed by atoms with Crippen LogP contribution in [0.1, 0.15) is 25.7 Å². The second-order valence-corrected chi connectivity index (χ2v) is 8.12. The van der Waals surface area contributed by atoms with Crippen LogP contribution in [0.15, 0.2) is 0 Å². The summed E-state index contributed by atoms with van der Waals surface area (Å²) < 4.78 is 29.5. The largest absolute Gasteiger partial charge is 0.396 e. The molecule has 6 nitrogen and oxygen atoms in total. The summed E-state index contributed by atoms with van der Waals surface area (Å²) in [5.74, 6) is 0.583. The van der Waals surface area contributed by atoms with E-state index in [2.05, 4.69) is 9.62 Å². The zero-order chi connectivity index (χ0) is 14.2. The van der Waals surface area contributed by atoms with Gasteiger partial charge in [0.25, 0.3) is 10.2 Å². The smallest absolute Gasteiger partial charge is 0.279 e. The van der Waals surface area contributed by atoms with E-state index in [4.69, 9.17) is 0 Å². The summed E-state index contributed by atoms with van der Waals surface area (Å²) in [6.45, 7) is 4.17. The van der Waals surface area contributed by atoms with Gasteiger partial charge in [-0.1, -0.05) is 0 Å². The van der Waals surface area contributed by atoms with Crippen LogP contribution in [-0.4, -0.2) is 68.1 Å². The Bertz CT molecular complexity index is 434. The fourth-order valence-electron chi connectivity index (χ4n) is 3.76. The summed E-state index contributed by atoms with van der Waals surface area (Å²) in [5.41, 5.74) is 0. The Morgan fingerprint density at radius 2 is 1.85 bits per heavy atom. The quantitative estimate of drug-likeness (QED) is 0.742. The lowest BCUT2D eigenvalue weighted by atomic mass is 9.85. The summed E-state index contributed by atoms with van der Waals surface area (Å²) in [7, 11) is -3.40. The molecule has 2 N–H and O–H groups in total. The first-order valence-corrected chi connectivity index (χ1v) is 9.13. The zero-order valence-electron chi connectivity index (χ0n) is 11.9. The minimum atomic E-state index is -3.40. The number of hydrogen-bond donors (Lipinski definition) is 2. The number of nitrogens with zero attached hydrogens (tertiary/aromatic N) is 2. The number of nitrogens with one attached hydrogen (secondary N) is 1. The number of piperidine rings is 4. The van der Waals surface area contributed by atoms with Gasteiger partial charge in [-0.25, -0.2) is 0 Å². The Morgan fingerprint density at radius 1 is 1.10 bits per heavy atom. The second kappa shape index (κ2) is 5.88. The minimum absolute atomic E-state index is 0.0667. The van der Waals surface area contributed by atoms with Crippen molar-refractivity contribution >= 4 is 10.2 Å². The highest BCUT2D eigenvalue weighted by Crippen LogP contribution is 2.28. The van der Waals surface area contributed by atoms with E-state index in [1.165, 1.54) is 4.31 Å². The molecular weight excluding hydrogens is 278 g/mol. The molecule has 0 aromatic carbocycles. The lowest BCUT2D eigenvalue weighted by Crippen LogP contribution is -2.59. The van der Waals surface area contributed by atoms with Crippen LogP contribution in [0.3, 0.4) is 0 Å². The standard InChI is InChI=1S/C13H25N3O3S/c17-10-11-2-1-5-16(8-11)20(18,19)14-13-9-15-6-3-12(13)4-7-15/h11-14,17H,1-10H2. The average molecular weight is 303 g/mol. The monoisotopic (exact) mass is 303 g/mol. The van der Waals surface area contributed by atoms with Crippen LogP contribution in [-0.2, 0) is 10.2 Å². The summed E-state index contributed by atoms with van der Waals surface area (Å²) in [4.78, 5) is 2.35. The highest BCUT2D eigenvalue weighted by Gasteiger charge is 2.38. The molecule has 4 aliphatic heterocycles. The third-order valence-electron chi connectivity index (χ3n) is 5.04. The maximum Gasteiger partial charge on any atom is 0.279 e. The van der Waals surface area contributed by atoms with Gasteiger partial charge in [-0.2, -0.15) is 17.4 Å². The molecule has 4 aliphatic rings. The van der Waals surface area contributed by atoms with Gasteiger partial charge in [0.15, 0.2) is 0 Å². The van der Waals surface area contributed by atoms with Gasteiger partial charge in [-0.15, -0.1) is 0 Å². The van der Waals surface area contributed by atoms with Crippen molar-refractivity contribution in [3.8, 4) is 0 Å². The van der Waals surface area contributed by atoms with Crippen molar-refractivity contribution in [2.75, 3.05) is 39.3 Å². The van der Waals surface area contributed by atoms with Gasteiger partial charge in [0.05, 0.1) is 0 Å². The Labute approximate surface area is 121 Å². The third-order valence-corrected chi connectivity index (χ3v) is 6.65. The Balaban J connectivity index is 1.63. The van der Waals surface area contributed by atoms with Gasteiger partial charge in [0, 0.05) is 32.3 Å². The number of aliphatic hydroxyl groups excluding tert-OH is 1. The van der Waals surface area contributed by atoms with Gasteiger partial charge in [-0.3, -0.25) is 0 Å². The van der Waals surface area contributed by atoms with E-state index in [1.807, 2.05) is 0 Å². The highest BCUT2D eigenvalue weighted by molar-refractivity contribution is 7.87. The van der Waals surface area contributed by atoms with Crippen LogP contribution in [0.25, 0.3) is 0 Å². The molecule has 0 aromatic rings. The van der Waals surface area contributed by atoms with E-state index in [-0.39, 0.29) is 18.6 Å². The van der Waals surface area contributed by atoms with Crippen molar-refractivity contribution in [3.63, 3.8) is 0 Å². The Kier molecular flexibility index (Phi) is 4.33. The second-order valence-electron chi connectivity index (χ2n) is 6.42. The SMILES string of the molecule is O=S(=O)(NC1CN2CCC1CC2)N1CCCC(CO)C1. The van der Waals surface area contributed by atoms with E-state index in [0.29, 0.717) is 19.0 Å². The van der Waals surface area contributed by atoms with Gasteiger partial charge in [0.2, 0.25) is 0 Å². The fourth-order valence-corrected chi connectivity index (χ4v) is 5.33. The molecule has 4 rings (SSSR count). The molecule has 0 saturated carbocycles. The van der Waals surface area contributed by atoms with Crippen LogP contribution in [0.5, 0.6) is 0 Å². The van der Waals surface area contributed by atoms with E-state index in [9.17, 15) is 13.5 Å². The number of fused-ring (bicyclic) bond motifs is 3. The molecular formula is C13H25N3O3S. The normalized spacial score (nSPS) is 39.0. The predicted molar refractivity (Wildman–Crippen MR) is 76.4 cm³/mol. The molecule has 2 bridgehead atoms. The molecule has 4 saturated heterocycles. The Hall–Kier alpha value is -0.210. The average Bonchev–Trinajstić information content (AvgIpc) is 2.48. The summed E-state index contributed by atoms with van der Waals surface area (Å²) in [6, 6.07) is 0.0667. The lowest BCUT2D eigenvalue weighted by Gasteiger charge is -2.45. The maximum atomic E-state index is 12.5. The molecule has 2 unspecified atom stereocenters. The first kappa shape index (κ1) is 14.7. The molecule has 4 heterocycles. The van der Waals surface area contributed by atoms with Crippen LogP contribution in [0, 0.1) is 11.8 Å². The summed E-state index contributed by atoms with van der Waals surface area (Å²) in [6.07, 6.45) is 3.97. The third kappa shape index (κ3) is 3.01. The molecule has 0 aromatic heterocycles. The van der Waals surface area contributed by atoms with E-state index < -0.39 is 10.2 Å². The van der Waals surface area contributed by atoms with E-state index >= 15 is 0 Å². The van der Waals surface area contributed by atoms with Crippen molar-refractivity contribution in [3.05, 3.63) is 0 Å². The molecule has 2 atom stereocenters. The van der Waals surface area contributed by atoms with Gasteiger partial charge in [0.1, 0.15) is 0 Å². The molecule has 0 aliphatic carbocycles. The Morgan fingerprint density at radius 3 is 2.45 bits per heavy atom. The lowest BCUT2D eigenvalue weighted by molar-refractivity contribution is 0.0811. The predicted octanol–water partition coefficient (Wildman–Crippen LogP) is -0.381. The van der Waals surface area contributed by atoms with E-state index in [0.717, 1.165) is 45.3 Å². The highest BCUT2D eigenvalue weighted by atomic mass is 32.2. The van der Waals surface area contributed by atoms with E-state index in [1.54, 1.807) is 0 Å². The first-order chi connectivity index (χ1) is 9.58. The molecule has 0 amide bonds. The van der Waals surface area contributed by atoms with Crippen molar-refractivity contribution in [1.29, 1.82) is 0 Å². The summed E-state index contributed by atoms with van der Waals surface area (Å²) in [5, 5.41) is 9.23. The summed E-state index contributed by atoms with van der Waals surface area (Å²) >= 11 is 0. The van der Waals surface area contributed by atoms with Crippen molar-refractivity contribution in [2.45, 2.75) is 31.7 Å². The van der Waals surface area contributed by atoms with Gasteiger partial charge >= 0.3 is 0 Å². The van der Waals surface area contributed by atoms with Gasteiger partial charge in [-0.05, 0) is 50.6 Å². The maximum absolute atomic E-state index is 12.5. The molecule has 4 fully saturated rings. The molecule has 7 heteroatoms. The van der Waals surface area contributed by atoms with Crippen LogP contribution < -0.4 is 4.72 Å². The molecule has 0 radical (unpaired) electrons. The number of rotatable bonds is 4. The zero-order valence-corrected chi connectivity index (χ0v) is 12.7. The fraction of sp³-hybridized carbons (Fsp3) is 1.00. The first-order valence-electron chi connectivity index (χ1n) is 7.69. The van der Waals surface area contributed by atoms with Crippen molar-refractivity contribution < 1.29 is 13.5 Å². The topological polar surface area (TPSA) is 72.9 Å². The molecule has 20 heavy (non-hydrogen) atoms. The van der Waals surface area contributed by atoms with Crippen LogP contribution in [0.2, 0.25) is 0 Å². The number of hydrogen-bond acceptors (Lipinski definition) is 4. The van der Waals surface area contributed by atoms with Crippen molar-refractivity contribution in [1.82, 2.24) is 13.9 Å². The van der Waals surface area contributed by atoms with Crippen LogP contribution >= 0.6 is 0 Å². The van der Waals surface area contributed by atoms with Gasteiger partial charge < -0.3 is 10.0 Å². The molecule has 116 valence electrons. The minimum Gasteiger partial charge on any atom is -0.396 e. The van der Waals surface area contributed by atoms with Crippen LogP contribution in [0.4, 0.5) is 0 Å². The molecule has 0 spiro atoms. The van der Waals surface area contributed by atoms with Crippen molar-refractivity contribution in [2.24, 2.45) is 11.8 Å². The number of aliphatic hydroxyl groups is 1.